The Kier molecular flexibility index (Phi) is 3.93. The monoisotopic (exact) mass is 298 g/mol. The van der Waals surface area contributed by atoms with Gasteiger partial charge in [0.2, 0.25) is 0 Å². The summed E-state index contributed by atoms with van der Waals surface area (Å²) in [4.78, 5) is 11.4. The Morgan fingerprint density at radius 1 is 1.57 bits per heavy atom. The summed E-state index contributed by atoms with van der Waals surface area (Å²) in [6, 6.07) is 2.49. The number of halogens is 4. The van der Waals surface area contributed by atoms with E-state index in [-0.39, 0.29) is 10.6 Å². The van der Waals surface area contributed by atoms with Gasteiger partial charge in [0, 0.05) is 5.56 Å². The SMILES string of the molecule is Cc1cc(Cl)c(C(=O)C(Cl)Br)cc1F. The number of ketones is 1. The lowest BCUT2D eigenvalue weighted by atomic mass is 10.1. The first-order chi connectivity index (χ1) is 6.43. The van der Waals surface area contributed by atoms with Gasteiger partial charge >= 0.3 is 0 Å². The number of rotatable bonds is 2. The topological polar surface area (TPSA) is 17.1 Å². The summed E-state index contributed by atoms with van der Waals surface area (Å²) in [6.45, 7) is 1.57. The summed E-state index contributed by atoms with van der Waals surface area (Å²) in [5.74, 6) is -0.918. The molecule has 0 amide bonds. The quantitative estimate of drug-likeness (QED) is 0.597. The van der Waals surface area contributed by atoms with Gasteiger partial charge in [-0.2, -0.15) is 0 Å². The second-order valence-corrected chi connectivity index (χ2v) is 5.03. The van der Waals surface area contributed by atoms with Crippen molar-refractivity contribution < 1.29 is 9.18 Å². The molecule has 0 heterocycles. The molecule has 1 aromatic rings. The molecule has 1 aromatic carbocycles. The number of hydrogen-bond acceptors (Lipinski definition) is 1. The Bertz CT molecular complexity index is 379. The third-order valence-corrected chi connectivity index (χ3v) is 2.64. The minimum atomic E-state index is -0.887. The lowest BCUT2D eigenvalue weighted by Gasteiger charge is -2.05. The molecular weight excluding hydrogens is 294 g/mol. The van der Waals surface area contributed by atoms with Crippen molar-refractivity contribution in [3.63, 3.8) is 0 Å². The summed E-state index contributed by atoms with van der Waals surface area (Å²) < 4.78 is 12.2. The largest absolute Gasteiger partial charge is 0.291 e. The van der Waals surface area contributed by atoms with Crippen molar-refractivity contribution in [3.05, 3.63) is 34.1 Å². The Morgan fingerprint density at radius 2 is 2.14 bits per heavy atom. The maximum atomic E-state index is 13.1. The Balaban J connectivity index is 3.22. The van der Waals surface area contributed by atoms with Crippen LogP contribution in [0.3, 0.4) is 0 Å². The first-order valence-electron chi connectivity index (χ1n) is 3.71. The zero-order valence-corrected chi connectivity index (χ0v) is 10.3. The Labute approximate surface area is 99.3 Å². The van der Waals surface area contributed by atoms with Crippen LogP contribution in [0.15, 0.2) is 12.1 Å². The van der Waals surface area contributed by atoms with Crippen LogP contribution in [0, 0.1) is 12.7 Å². The van der Waals surface area contributed by atoms with Crippen molar-refractivity contribution >= 4 is 44.9 Å². The average molecular weight is 300 g/mol. The molecule has 0 saturated heterocycles. The number of Topliss-reactive ketones (excluding diaryl/α,β-unsaturated/α-hetero) is 1. The van der Waals surface area contributed by atoms with Gasteiger partial charge in [-0.1, -0.05) is 27.5 Å². The number of benzene rings is 1. The molecule has 0 aliphatic rings. The first-order valence-corrected chi connectivity index (χ1v) is 5.44. The fraction of sp³-hybridized carbons (Fsp3) is 0.222. The minimum absolute atomic E-state index is 0.0895. The molecule has 0 N–H and O–H groups in total. The van der Waals surface area contributed by atoms with Crippen LogP contribution in [-0.4, -0.2) is 10.1 Å². The van der Waals surface area contributed by atoms with Crippen LogP contribution in [0.2, 0.25) is 5.02 Å². The zero-order valence-electron chi connectivity index (χ0n) is 7.15. The molecule has 0 radical (unpaired) electrons. The van der Waals surface area contributed by atoms with Crippen LogP contribution >= 0.6 is 39.1 Å². The maximum Gasteiger partial charge on any atom is 0.192 e. The number of carbonyl (C=O) groups excluding carboxylic acids is 1. The van der Waals surface area contributed by atoms with Gasteiger partial charge in [0.15, 0.2) is 10.1 Å². The molecular formula is C9H6BrCl2FO. The number of alkyl halides is 2. The summed E-state index contributed by atoms with van der Waals surface area (Å²) in [5.41, 5.74) is 0.485. The third kappa shape index (κ3) is 2.47. The van der Waals surface area contributed by atoms with E-state index in [4.69, 9.17) is 23.2 Å². The predicted molar refractivity (Wildman–Crippen MR) is 59.0 cm³/mol. The van der Waals surface area contributed by atoms with Crippen LogP contribution in [0.1, 0.15) is 15.9 Å². The smallest absolute Gasteiger partial charge is 0.192 e. The lowest BCUT2D eigenvalue weighted by molar-refractivity contribution is 0.101. The maximum absolute atomic E-state index is 13.1. The molecule has 0 bridgehead atoms. The molecule has 0 aliphatic heterocycles. The molecule has 1 rings (SSSR count). The molecule has 14 heavy (non-hydrogen) atoms. The van der Waals surface area contributed by atoms with Crippen LogP contribution in [0.5, 0.6) is 0 Å². The van der Waals surface area contributed by atoms with Gasteiger partial charge < -0.3 is 0 Å². The van der Waals surface area contributed by atoms with E-state index in [9.17, 15) is 9.18 Å². The van der Waals surface area contributed by atoms with E-state index in [0.29, 0.717) is 5.56 Å². The molecule has 0 spiro atoms. The van der Waals surface area contributed by atoms with E-state index in [0.717, 1.165) is 6.07 Å². The van der Waals surface area contributed by atoms with Crippen molar-refractivity contribution in [2.24, 2.45) is 0 Å². The van der Waals surface area contributed by atoms with Gasteiger partial charge in [0.05, 0.1) is 5.02 Å². The highest BCUT2D eigenvalue weighted by Gasteiger charge is 2.18. The zero-order chi connectivity index (χ0) is 10.9. The summed E-state index contributed by atoms with van der Waals surface area (Å²) in [6.07, 6.45) is 0. The van der Waals surface area contributed by atoms with Crippen LogP contribution in [0.25, 0.3) is 0 Å². The highest BCUT2D eigenvalue weighted by atomic mass is 79.9. The molecule has 0 saturated carbocycles. The van der Waals surface area contributed by atoms with E-state index in [1.165, 1.54) is 6.07 Å². The molecule has 5 heteroatoms. The first kappa shape index (κ1) is 12.0. The molecule has 0 aromatic heterocycles. The van der Waals surface area contributed by atoms with Crippen molar-refractivity contribution in [1.82, 2.24) is 0 Å². The third-order valence-electron chi connectivity index (χ3n) is 1.71. The Hall–Kier alpha value is -0.120. The van der Waals surface area contributed by atoms with Gasteiger partial charge in [-0.15, -0.1) is 11.6 Å². The fourth-order valence-corrected chi connectivity index (χ4v) is 1.63. The normalized spacial score (nSPS) is 12.6. The number of hydrogen-bond donors (Lipinski definition) is 0. The van der Waals surface area contributed by atoms with Gasteiger partial charge in [-0.3, -0.25) is 4.79 Å². The van der Waals surface area contributed by atoms with Crippen LogP contribution in [-0.2, 0) is 0 Å². The van der Waals surface area contributed by atoms with E-state index in [2.05, 4.69) is 15.9 Å². The lowest BCUT2D eigenvalue weighted by Crippen LogP contribution is -2.09. The van der Waals surface area contributed by atoms with Gasteiger partial charge in [0.25, 0.3) is 0 Å². The number of carbonyl (C=O) groups is 1. The summed E-state index contributed by atoms with van der Waals surface area (Å²) in [7, 11) is 0. The van der Waals surface area contributed by atoms with E-state index >= 15 is 0 Å². The van der Waals surface area contributed by atoms with E-state index < -0.39 is 15.9 Å². The molecule has 0 aliphatic carbocycles. The van der Waals surface area contributed by atoms with Crippen molar-refractivity contribution in [2.75, 3.05) is 0 Å². The Morgan fingerprint density at radius 3 is 2.64 bits per heavy atom. The highest BCUT2D eigenvalue weighted by Crippen LogP contribution is 2.24. The van der Waals surface area contributed by atoms with Crippen molar-refractivity contribution in [3.8, 4) is 0 Å². The second kappa shape index (κ2) is 4.60. The minimum Gasteiger partial charge on any atom is -0.291 e. The summed E-state index contributed by atoms with van der Waals surface area (Å²) in [5, 5.41) is 0.207. The summed E-state index contributed by atoms with van der Waals surface area (Å²) >= 11 is 14.2. The second-order valence-electron chi connectivity index (χ2n) is 2.75. The van der Waals surface area contributed by atoms with Gasteiger partial charge in [-0.05, 0) is 24.6 Å². The van der Waals surface area contributed by atoms with Crippen molar-refractivity contribution in [2.45, 2.75) is 11.2 Å². The van der Waals surface area contributed by atoms with E-state index in [1.54, 1.807) is 6.92 Å². The van der Waals surface area contributed by atoms with Crippen molar-refractivity contribution in [1.29, 1.82) is 0 Å². The van der Waals surface area contributed by atoms with Gasteiger partial charge in [-0.25, -0.2) is 4.39 Å². The highest BCUT2D eigenvalue weighted by molar-refractivity contribution is 9.10. The van der Waals surface area contributed by atoms with Gasteiger partial charge in [0.1, 0.15) is 5.82 Å². The van der Waals surface area contributed by atoms with E-state index in [1.807, 2.05) is 0 Å². The molecule has 1 unspecified atom stereocenters. The average Bonchev–Trinajstić information content (AvgIpc) is 2.10. The molecule has 1 nitrogen and oxygen atoms in total. The molecule has 0 fully saturated rings. The van der Waals surface area contributed by atoms with Crippen LogP contribution < -0.4 is 0 Å². The molecule has 1 atom stereocenters. The standard InChI is InChI=1S/C9H6BrCl2FO/c1-4-2-6(11)5(3-7(4)13)8(14)9(10)12/h2-3,9H,1H3. The molecule has 76 valence electrons. The predicted octanol–water partition coefficient (Wildman–Crippen LogP) is 3.93. The fourth-order valence-electron chi connectivity index (χ4n) is 0.953. The van der Waals surface area contributed by atoms with Crippen LogP contribution in [0.4, 0.5) is 4.39 Å². The number of aryl methyl sites for hydroxylation is 1.